The molecule has 2 N–H and O–H groups in total. The minimum Gasteiger partial charge on any atom is -0.359 e. The summed E-state index contributed by atoms with van der Waals surface area (Å²) in [5.41, 5.74) is 0. The predicted octanol–water partition coefficient (Wildman–Crippen LogP) is 0.436. The smallest absolute Gasteiger partial charge is 0.359 e. The van der Waals surface area contributed by atoms with Crippen molar-refractivity contribution in [3.63, 3.8) is 0 Å². The van der Waals surface area contributed by atoms with Gasteiger partial charge in [0.1, 0.15) is 0 Å². The molecule has 0 aromatic rings. The number of nitrogens with one attached hydrogen (secondary N) is 2. The second-order valence-corrected chi connectivity index (χ2v) is 2.75. The van der Waals surface area contributed by atoms with Crippen LogP contribution in [0.3, 0.4) is 0 Å². The van der Waals surface area contributed by atoms with Gasteiger partial charge < -0.3 is 10.6 Å². The third-order valence-corrected chi connectivity index (χ3v) is 1.56. The third-order valence-electron chi connectivity index (χ3n) is 1.56. The fraction of sp³-hybridized carbons (Fsp3) is 0.714. The van der Waals surface area contributed by atoms with Crippen molar-refractivity contribution in [3.8, 4) is 0 Å². The van der Waals surface area contributed by atoms with Gasteiger partial charge in [-0.2, -0.15) is 22.0 Å². The predicted molar refractivity (Wildman–Crippen MR) is 42.7 cm³/mol. The van der Waals surface area contributed by atoms with E-state index in [1.807, 2.05) is 0 Å². The Bertz CT molecular complexity index is 276. The van der Waals surface area contributed by atoms with Gasteiger partial charge in [0.05, 0.1) is 0 Å². The van der Waals surface area contributed by atoms with E-state index in [1.165, 1.54) is 12.4 Å². The highest BCUT2D eigenvalue weighted by atomic mass is 19.4. The van der Waals surface area contributed by atoms with Crippen molar-refractivity contribution in [2.45, 2.75) is 18.5 Å². The van der Waals surface area contributed by atoms with Gasteiger partial charge in [0.2, 0.25) is 5.91 Å². The molecular formula is C7H9F5N2O2. The second kappa shape index (κ2) is 5.08. The number of carbonyl (C=O) groups is 2. The molecule has 0 aliphatic carbocycles. The monoisotopic (exact) mass is 248 g/mol. The Labute approximate surface area is 87.2 Å². The van der Waals surface area contributed by atoms with Crippen LogP contribution in [-0.4, -0.2) is 37.5 Å². The molecule has 0 saturated heterocycles. The highest BCUT2D eigenvalue weighted by molar-refractivity contribution is 5.85. The number of rotatable bonds is 4. The van der Waals surface area contributed by atoms with Crippen molar-refractivity contribution in [2.75, 3.05) is 13.6 Å². The summed E-state index contributed by atoms with van der Waals surface area (Å²) in [5.74, 6) is -8.50. The summed E-state index contributed by atoms with van der Waals surface area (Å²) in [4.78, 5) is 21.0. The van der Waals surface area contributed by atoms with Gasteiger partial charge in [-0.1, -0.05) is 0 Å². The summed E-state index contributed by atoms with van der Waals surface area (Å²) in [6.07, 6.45) is -6.32. The van der Waals surface area contributed by atoms with Gasteiger partial charge in [-0.05, 0) is 0 Å². The quantitative estimate of drug-likeness (QED) is 0.709. The van der Waals surface area contributed by atoms with Gasteiger partial charge >= 0.3 is 12.1 Å². The summed E-state index contributed by atoms with van der Waals surface area (Å²) in [5, 5.41) is 3.43. The lowest BCUT2D eigenvalue weighted by atomic mass is 10.3. The summed E-state index contributed by atoms with van der Waals surface area (Å²) in [7, 11) is 1.26. The first-order chi connectivity index (χ1) is 7.13. The maximum Gasteiger partial charge on any atom is 0.463 e. The summed E-state index contributed by atoms with van der Waals surface area (Å²) in [6, 6.07) is 0. The first kappa shape index (κ1) is 14.6. The van der Waals surface area contributed by atoms with Gasteiger partial charge in [0, 0.05) is 20.0 Å². The summed E-state index contributed by atoms with van der Waals surface area (Å²) >= 11 is 0. The summed E-state index contributed by atoms with van der Waals surface area (Å²) in [6.45, 7) is -0.593. The molecule has 0 unspecified atom stereocenters. The Hall–Kier alpha value is -1.41. The Morgan fingerprint density at radius 3 is 2.00 bits per heavy atom. The molecule has 2 amide bonds. The molecule has 0 rings (SSSR count). The van der Waals surface area contributed by atoms with Crippen molar-refractivity contribution in [3.05, 3.63) is 0 Å². The van der Waals surface area contributed by atoms with Crippen molar-refractivity contribution in [1.82, 2.24) is 10.6 Å². The Kier molecular flexibility index (Phi) is 4.63. The van der Waals surface area contributed by atoms with Gasteiger partial charge in [-0.3, -0.25) is 9.59 Å². The van der Waals surface area contributed by atoms with E-state index in [4.69, 9.17) is 0 Å². The van der Waals surface area contributed by atoms with E-state index in [0.717, 1.165) is 0 Å². The fourth-order valence-corrected chi connectivity index (χ4v) is 0.654. The number of hydrogen-bond donors (Lipinski definition) is 2. The van der Waals surface area contributed by atoms with Crippen LogP contribution in [0.1, 0.15) is 6.42 Å². The molecule has 0 heterocycles. The molecule has 0 radical (unpaired) electrons. The van der Waals surface area contributed by atoms with Crippen molar-refractivity contribution < 1.29 is 31.5 Å². The zero-order chi connectivity index (χ0) is 13.0. The topological polar surface area (TPSA) is 58.2 Å². The molecule has 0 aliphatic rings. The van der Waals surface area contributed by atoms with E-state index in [2.05, 4.69) is 5.32 Å². The lowest BCUT2D eigenvalue weighted by Crippen LogP contribution is -2.50. The van der Waals surface area contributed by atoms with Crippen LogP contribution in [-0.2, 0) is 9.59 Å². The highest BCUT2D eigenvalue weighted by Crippen LogP contribution is 2.35. The molecule has 0 fully saturated rings. The van der Waals surface area contributed by atoms with Crippen LogP contribution >= 0.6 is 0 Å². The third kappa shape index (κ3) is 3.63. The Morgan fingerprint density at radius 2 is 1.62 bits per heavy atom. The van der Waals surface area contributed by atoms with Crippen LogP contribution in [0.2, 0.25) is 0 Å². The molecule has 9 heteroatoms. The molecule has 4 nitrogen and oxygen atoms in total. The molecule has 16 heavy (non-hydrogen) atoms. The van der Waals surface area contributed by atoms with E-state index >= 15 is 0 Å². The van der Waals surface area contributed by atoms with Crippen LogP contribution in [0.5, 0.6) is 0 Å². The fourth-order valence-electron chi connectivity index (χ4n) is 0.654. The van der Waals surface area contributed by atoms with Crippen molar-refractivity contribution in [2.24, 2.45) is 0 Å². The lowest BCUT2D eigenvalue weighted by molar-refractivity contribution is -0.269. The van der Waals surface area contributed by atoms with Crippen LogP contribution in [0.25, 0.3) is 0 Å². The Morgan fingerprint density at radius 1 is 1.12 bits per heavy atom. The van der Waals surface area contributed by atoms with Crippen LogP contribution in [0.15, 0.2) is 0 Å². The second-order valence-electron chi connectivity index (χ2n) is 2.75. The molecular weight excluding hydrogens is 239 g/mol. The van der Waals surface area contributed by atoms with Gasteiger partial charge in [-0.25, -0.2) is 0 Å². The van der Waals surface area contributed by atoms with E-state index < -0.39 is 30.5 Å². The molecule has 0 aromatic carbocycles. The first-order valence-corrected chi connectivity index (χ1v) is 4.06. The van der Waals surface area contributed by atoms with E-state index in [-0.39, 0.29) is 6.42 Å². The number of alkyl halides is 5. The number of hydrogen-bond acceptors (Lipinski definition) is 2. The largest absolute Gasteiger partial charge is 0.463 e. The van der Waals surface area contributed by atoms with E-state index in [1.54, 1.807) is 0 Å². The van der Waals surface area contributed by atoms with Crippen LogP contribution in [0.4, 0.5) is 22.0 Å². The zero-order valence-corrected chi connectivity index (χ0v) is 8.12. The molecule has 0 atom stereocenters. The number of amides is 2. The van der Waals surface area contributed by atoms with Gasteiger partial charge in [0.15, 0.2) is 0 Å². The van der Waals surface area contributed by atoms with Crippen molar-refractivity contribution in [1.29, 1.82) is 0 Å². The SMILES string of the molecule is CNC(=O)CCNC(=O)C(F)(F)C(F)(F)F. The minimum absolute atomic E-state index is 0.379. The molecule has 0 saturated carbocycles. The van der Waals surface area contributed by atoms with Gasteiger partial charge in [-0.15, -0.1) is 0 Å². The minimum atomic E-state index is -5.94. The van der Waals surface area contributed by atoms with E-state index in [9.17, 15) is 31.5 Å². The highest BCUT2D eigenvalue weighted by Gasteiger charge is 2.63. The van der Waals surface area contributed by atoms with Crippen LogP contribution < -0.4 is 10.6 Å². The van der Waals surface area contributed by atoms with Crippen molar-refractivity contribution >= 4 is 11.8 Å². The lowest BCUT2D eigenvalue weighted by Gasteiger charge is -2.18. The molecule has 0 bridgehead atoms. The maximum absolute atomic E-state index is 12.3. The standard InChI is InChI=1S/C7H9F5N2O2/c1-13-4(15)2-3-14-5(16)6(8,9)7(10,11)12/h2-3H2,1H3,(H,13,15)(H,14,16). The molecule has 0 aliphatic heterocycles. The number of carbonyl (C=O) groups excluding carboxylic acids is 2. The average Bonchev–Trinajstić information content (AvgIpc) is 2.15. The normalized spacial score (nSPS) is 12.1. The van der Waals surface area contributed by atoms with Crippen LogP contribution in [0, 0.1) is 0 Å². The first-order valence-electron chi connectivity index (χ1n) is 4.06. The maximum atomic E-state index is 12.3. The Balaban J connectivity index is 4.22. The average molecular weight is 248 g/mol. The van der Waals surface area contributed by atoms with E-state index in [0.29, 0.717) is 0 Å². The molecule has 0 aromatic heterocycles. The zero-order valence-electron chi connectivity index (χ0n) is 8.12. The molecule has 0 spiro atoms. The molecule has 94 valence electrons. The summed E-state index contributed by atoms with van der Waals surface area (Å²) < 4.78 is 59.5. The number of halogens is 5. The van der Waals surface area contributed by atoms with Gasteiger partial charge in [0.25, 0.3) is 5.91 Å².